The number of nitrogens with two attached hydrogens (primary N) is 1. The van der Waals surface area contributed by atoms with E-state index in [1.165, 1.54) is 4.88 Å². The average Bonchev–Trinajstić information content (AvgIpc) is 2.97. The molecule has 0 aliphatic rings. The van der Waals surface area contributed by atoms with Crippen molar-refractivity contribution in [3.8, 4) is 5.75 Å². The molecule has 0 unspecified atom stereocenters. The van der Waals surface area contributed by atoms with Gasteiger partial charge in [-0.3, -0.25) is 0 Å². The quantitative estimate of drug-likeness (QED) is 0.569. The largest absolute Gasteiger partial charge is 0.491 e. The van der Waals surface area contributed by atoms with Crippen LogP contribution >= 0.6 is 23.6 Å². The van der Waals surface area contributed by atoms with Gasteiger partial charge in [-0.2, -0.15) is 0 Å². The van der Waals surface area contributed by atoms with Crippen LogP contribution in [0, 0.1) is 0 Å². The summed E-state index contributed by atoms with van der Waals surface area (Å²) in [5, 5.41) is 2.08. The minimum atomic E-state index is 0.503. The number of thiocarbonyl (C=S) groups is 1. The van der Waals surface area contributed by atoms with Crippen molar-refractivity contribution in [2.45, 2.75) is 12.8 Å². The Bertz CT molecular complexity index is 538. The van der Waals surface area contributed by atoms with Crippen LogP contribution in [0.5, 0.6) is 5.75 Å². The Kier molecular flexibility index (Phi) is 6.66. The highest BCUT2D eigenvalue weighted by Crippen LogP contribution is 2.13. The third-order valence-corrected chi connectivity index (χ3v) is 3.95. The van der Waals surface area contributed by atoms with Crippen LogP contribution in [0.25, 0.3) is 0 Å². The second kappa shape index (κ2) is 8.77. The molecule has 112 valence electrons. The summed E-state index contributed by atoms with van der Waals surface area (Å²) in [6, 6.07) is 12.0. The minimum Gasteiger partial charge on any atom is -0.491 e. The molecule has 0 aliphatic heterocycles. The molecular formula is C16H19NO2S2. The first-order valence-corrected chi connectivity index (χ1v) is 8.13. The molecule has 2 N–H and O–H groups in total. The predicted octanol–water partition coefficient (Wildman–Crippen LogP) is 3.21. The van der Waals surface area contributed by atoms with Gasteiger partial charge in [0, 0.05) is 17.7 Å². The van der Waals surface area contributed by atoms with Crippen molar-refractivity contribution in [1.29, 1.82) is 0 Å². The molecule has 0 saturated carbocycles. The SMILES string of the molecule is NC(=S)Cc1ccc(OCCOCCc2cccs2)cc1. The summed E-state index contributed by atoms with van der Waals surface area (Å²) in [6.45, 7) is 1.88. The smallest absolute Gasteiger partial charge is 0.119 e. The fraction of sp³-hybridized carbons (Fsp3) is 0.312. The van der Waals surface area contributed by atoms with Crippen molar-refractivity contribution in [3.05, 3.63) is 52.2 Å². The lowest BCUT2D eigenvalue weighted by molar-refractivity contribution is 0.103. The van der Waals surface area contributed by atoms with Gasteiger partial charge in [0.05, 0.1) is 18.2 Å². The van der Waals surface area contributed by atoms with Crippen molar-refractivity contribution in [2.24, 2.45) is 5.73 Å². The van der Waals surface area contributed by atoms with E-state index < -0.39 is 0 Å². The van der Waals surface area contributed by atoms with E-state index in [0.29, 0.717) is 24.6 Å². The van der Waals surface area contributed by atoms with Gasteiger partial charge in [-0.1, -0.05) is 30.4 Å². The Labute approximate surface area is 134 Å². The van der Waals surface area contributed by atoms with Gasteiger partial charge in [0.15, 0.2) is 0 Å². The van der Waals surface area contributed by atoms with E-state index in [0.717, 1.165) is 24.3 Å². The Morgan fingerprint density at radius 3 is 2.57 bits per heavy atom. The number of thiophene rings is 1. The third kappa shape index (κ3) is 6.25. The van der Waals surface area contributed by atoms with Gasteiger partial charge in [-0.25, -0.2) is 0 Å². The van der Waals surface area contributed by atoms with Crippen molar-refractivity contribution < 1.29 is 9.47 Å². The summed E-state index contributed by atoms with van der Waals surface area (Å²) in [6.07, 6.45) is 1.59. The van der Waals surface area contributed by atoms with E-state index in [1.54, 1.807) is 11.3 Å². The molecule has 0 aliphatic carbocycles. The van der Waals surface area contributed by atoms with Crippen LogP contribution in [0.2, 0.25) is 0 Å². The first kappa shape index (κ1) is 15.9. The highest BCUT2D eigenvalue weighted by Gasteiger charge is 1.98. The molecule has 0 atom stereocenters. The normalized spacial score (nSPS) is 10.5. The van der Waals surface area contributed by atoms with Crippen molar-refractivity contribution in [3.63, 3.8) is 0 Å². The molecule has 0 bridgehead atoms. The summed E-state index contributed by atoms with van der Waals surface area (Å²) < 4.78 is 11.2. The maximum absolute atomic E-state index is 5.62. The van der Waals surface area contributed by atoms with E-state index >= 15 is 0 Å². The zero-order chi connectivity index (χ0) is 14.9. The van der Waals surface area contributed by atoms with Crippen molar-refractivity contribution >= 4 is 28.5 Å². The Morgan fingerprint density at radius 2 is 1.90 bits per heavy atom. The number of hydrogen-bond acceptors (Lipinski definition) is 4. The van der Waals surface area contributed by atoms with E-state index in [4.69, 9.17) is 27.4 Å². The second-order valence-corrected chi connectivity index (χ2v) is 6.13. The summed E-state index contributed by atoms with van der Waals surface area (Å²) in [5.41, 5.74) is 6.61. The van der Waals surface area contributed by atoms with E-state index in [1.807, 2.05) is 24.3 Å². The van der Waals surface area contributed by atoms with Gasteiger partial charge in [0.25, 0.3) is 0 Å². The molecule has 21 heavy (non-hydrogen) atoms. The summed E-state index contributed by atoms with van der Waals surface area (Å²) in [4.78, 5) is 1.85. The zero-order valence-electron chi connectivity index (χ0n) is 11.8. The highest BCUT2D eigenvalue weighted by atomic mass is 32.1. The number of benzene rings is 1. The Morgan fingerprint density at radius 1 is 1.10 bits per heavy atom. The van der Waals surface area contributed by atoms with Crippen LogP contribution in [0.15, 0.2) is 41.8 Å². The maximum Gasteiger partial charge on any atom is 0.119 e. The van der Waals surface area contributed by atoms with Gasteiger partial charge in [-0.05, 0) is 29.1 Å². The molecule has 2 aromatic rings. The number of rotatable bonds is 9. The summed E-state index contributed by atoms with van der Waals surface area (Å²) in [7, 11) is 0. The fourth-order valence-electron chi connectivity index (χ4n) is 1.85. The minimum absolute atomic E-state index is 0.503. The van der Waals surface area contributed by atoms with Crippen LogP contribution in [-0.4, -0.2) is 24.8 Å². The number of ether oxygens (including phenoxy) is 2. The van der Waals surface area contributed by atoms with Gasteiger partial charge >= 0.3 is 0 Å². The van der Waals surface area contributed by atoms with Gasteiger partial charge in [0.1, 0.15) is 12.4 Å². The van der Waals surface area contributed by atoms with Gasteiger partial charge < -0.3 is 15.2 Å². The Balaban J connectivity index is 1.59. The first-order chi connectivity index (χ1) is 10.2. The van der Waals surface area contributed by atoms with Gasteiger partial charge in [-0.15, -0.1) is 11.3 Å². The molecule has 5 heteroatoms. The van der Waals surface area contributed by atoms with Crippen LogP contribution in [0.1, 0.15) is 10.4 Å². The van der Waals surface area contributed by atoms with Crippen molar-refractivity contribution in [2.75, 3.05) is 19.8 Å². The van der Waals surface area contributed by atoms with Crippen LogP contribution in [0.3, 0.4) is 0 Å². The molecular weight excluding hydrogens is 302 g/mol. The lowest BCUT2D eigenvalue weighted by Crippen LogP contribution is -2.11. The molecule has 2 rings (SSSR count). The zero-order valence-corrected chi connectivity index (χ0v) is 13.4. The summed E-state index contributed by atoms with van der Waals surface area (Å²) >= 11 is 6.64. The highest BCUT2D eigenvalue weighted by molar-refractivity contribution is 7.80. The molecule has 3 nitrogen and oxygen atoms in total. The monoisotopic (exact) mass is 321 g/mol. The van der Waals surface area contributed by atoms with Crippen LogP contribution in [0.4, 0.5) is 0 Å². The third-order valence-electron chi connectivity index (χ3n) is 2.87. The number of hydrogen-bond donors (Lipinski definition) is 1. The molecule has 1 aromatic carbocycles. The molecule has 1 aromatic heterocycles. The van der Waals surface area contributed by atoms with E-state index in [9.17, 15) is 0 Å². The molecule has 0 fully saturated rings. The Hall–Kier alpha value is -1.43. The fourth-order valence-corrected chi connectivity index (χ4v) is 2.71. The standard InChI is InChI=1S/C16H19NO2S2/c17-16(20)12-13-3-5-14(6-4-13)19-10-9-18-8-7-15-2-1-11-21-15/h1-6,11H,7-10,12H2,(H2,17,20). The lowest BCUT2D eigenvalue weighted by Gasteiger charge is -2.07. The molecule has 0 spiro atoms. The lowest BCUT2D eigenvalue weighted by atomic mass is 10.1. The molecule has 0 amide bonds. The predicted molar refractivity (Wildman–Crippen MR) is 91.3 cm³/mol. The average molecular weight is 321 g/mol. The maximum atomic E-state index is 5.62. The van der Waals surface area contributed by atoms with Gasteiger partial charge in [0.2, 0.25) is 0 Å². The van der Waals surface area contributed by atoms with Crippen LogP contribution in [-0.2, 0) is 17.6 Å². The second-order valence-electron chi connectivity index (χ2n) is 4.58. The summed E-state index contributed by atoms with van der Waals surface area (Å²) in [5.74, 6) is 0.837. The van der Waals surface area contributed by atoms with Crippen molar-refractivity contribution in [1.82, 2.24) is 0 Å². The topological polar surface area (TPSA) is 44.5 Å². The molecule has 0 radical (unpaired) electrons. The van der Waals surface area contributed by atoms with E-state index in [2.05, 4.69) is 17.5 Å². The molecule has 1 heterocycles. The van der Waals surface area contributed by atoms with E-state index in [-0.39, 0.29) is 0 Å². The van der Waals surface area contributed by atoms with Crippen LogP contribution < -0.4 is 10.5 Å². The first-order valence-electron chi connectivity index (χ1n) is 6.84. The molecule has 0 saturated heterocycles.